The Hall–Kier alpha value is -1.63. The topological polar surface area (TPSA) is 56.2 Å². The van der Waals surface area contributed by atoms with Gasteiger partial charge in [0, 0.05) is 12.6 Å². The van der Waals surface area contributed by atoms with Crippen molar-refractivity contribution < 1.29 is 13.2 Å². The molecule has 0 radical (unpaired) electrons. The monoisotopic (exact) mass is 272 g/mol. The van der Waals surface area contributed by atoms with Crippen molar-refractivity contribution in [2.24, 2.45) is 11.7 Å². The summed E-state index contributed by atoms with van der Waals surface area (Å²) in [4.78, 5) is 0. The van der Waals surface area contributed by atoms with Crippen LogP contribution >= 0.6 is 0 Å². The second kappa shape index (κ2) is 5.16. The van der Waals surface area contributed by atoms with E-state index in [1.54, 1.807) is 0 Å². The highest BCUT2D eigenvalue weighted by Gasteiger charge is 2.31. The van der Waals surface area contributed by atoms with Crippen LogP contribution in [-0.2, 0) is 12.6 Å². The van der Waals surface area contributed by atoms with Crippen molar-refractivity contribution in [2.45, 2.75) is 25.9 Å². The van der Waals surface area contributed by atoms with E-state index >= 15 is 0 Å². The highest BCUT2D eigenvalue weighted by atomic mass is 19.4. The third-order valence-corrected chi connectivity index (χ3v) is 3.18. The minimum atomic E-state index is -4.37. The molecule has 0 fully saturated rings. The first kappa shape index (κ1) is 13.8. The quantitative estimate of drug-likeness (QED) is 0.929. The minimum Gasteiger partial charge on any atom is -0.330 e. The lowest BCUT2D eigenvalue weighted by atomic mass is 10.0. The standard InChI is InChI=1S/C12H15F3N4/c1-2-8(6-16)5-11-18-17-10-4-3-9(7-19(10)11)12(13,14)15/h3-4,7-8H,2,5-6,16H2,1H3. The molecule has 1 unspecified atom stereocenters. The second-order valence-corrected chi connectivity index (χ2v) is 4.47. The molecule has 104 valence electrons. The molecule has 0 aliphatic carbocycles. The molecule has 2 heterocycles. The van der Waals surface area contributed by atoms with E-state index in [2.05, 4.69) is 10.2 Å². The first-order valence-electron chi connectivity index (χ1n) is 6.06. The van der Waals surface area contributed by atoms with Crippen LogP contribution in [-0.4, -0.2) is 21.1 Å². The maximum Gasteiger partial charge on any atom is 0.417 e. The fourth-order valence-corrected chi connectivity index (χ4v) is 1.90. The van der Waals surface area contributed by atoms with Crippen LogP contribution < -0.4 is 5.73 Å². The zero-order valence-electron chi connectivity index (χ0n) is 10.5. The second-order valence-electron chi connectivity index (χ2n) is 4.47. The zero-order chi connectivity index (χ0) is 14.0. The molecule has 7 heteroatoms. The van der Waals surface area contributed by atoms with Crippen molar-refractivity contribution in [3.05, 3.63) is 29.7 Å². The van der Waals surface area contributed by atoms with Gasteiger partial charge in [-0.05, 0) is 24.6 Å². The van der Waals surface area contributed by atoms with Crippen molar-refractivity contribution in [3.63, 3.8) is 0 Å². The third kappa shape index (κ3) is 2.86. The van der Waals surface area contributed by atoms with Gasteiger partial charge in [0.1, 0.15) is 5.82 Å². The van der Waals surface area contributed by atoms with Crippen LogP contribution in [0.4, 0.5) is 13.2 Å². The summed E-state index contributed by atoms with van der Waals surface area (Å²) in [5.74, 6) is 0.709. The molecule has 2 N–H and O–H groups in total. The lowest BCUT2D eigenvalue weighted by Crippen LogP contribution is -2.17. The van der Waals surface area contributed by atoms with Gasteiger partial charge in [-0.3, -0.25) is 4.40 Å². The number of nitrogens with zero attached hydrogens (tertiary/aromatic N) is 3. The SMILES string of the molecule is CCC(CN)Cc1nnc2ccc(C(F)(F)F)cn12. The maximum absolute atomic E-state index is 12.7. The first-order chi connectivity index (χ1) is 8.95. The Morgan fingerprint density at radius 2 is 2.05 bits per heavy atom. The van der Waals surface area contributed by atoms with Crippen LogP contribution in [0.3, 0.4) is 0 Å². The summed E-state index contributed by atoms with van der Waals surface area (Å²) in [5, 5.41) is 7.81. The number of halogens is 3. The molecule has 0 saturated carbocycles. The van der Waals surface area contributed by atoms with Gasteiger partial charge in [-0.25, -0.2) is 0 Å². The maximum atomic E-state index is 12.7. The molecule has 19 heavy (non-hydrogen) atoms. The normalized spacial score (nSPS) is 13.9. The van der Waals surface area contributed by atoms with E-state index in [0.29, 0.717) is 24.4 Å². The fraction of sp³-hybridized carbons (Fsp3) is 0.500. The first-order valence-corrected chi connectivity index (χ1v) is 6.06. The number of hydrogen-bond donors (Lipinski definition) is 1. The van der Waals surface area contributed by atoms with E-state index in [1.165, 1.54) is 10.5 Å². The van der Waals surface area contributed by atoms with Crippen molar-refractivity contribution in [1.29, 1.82) is 0 Å². The zero-order valence-corrected chi connectivity index (χ0v) is 10.5. The molecule has 2 aromatic heterocycles. The molecule has 0 saturated heterocycles. The molecule has 0 aliphatic rings. The molecule has 2 aromatic rings. The van der Waals surface area contributed by atoms with Gasteiger partial charge in [0.2, 0.25) is 0 Å². The Balaban J connectivity index is 2.40. The molecule has 1 atom stereocenters. The molecule has 0 aromatic carbocycles. The number of alkyl halides is 3. The lowest BCUT2D eigenvalue weighted by Gasteiger charge is -2.11. The van der Waals surface area contributed by atoms with Crippen LogP contribution in [0.2, 0.25) is 0 Å². The van der Waals surface area contributed by atoms with Crippen LogP contribution in [0.5, 0.6) is 0 Å². The Morgan fingerprint density at radius 3 is 2.63 bits per heavy atom. The van der Waals surface area contributed by atoms with Gasteiger partial charge in [-0.2, -0.15) is 13.2 Å². The van der Waals surface area contributed by atoms with Gasteiger partial charge in [0.05, 0.1) is 5.56 Å². The van der Waals surface area contributed by atoms with Gasteiger partial charge in [0.15, 0.2) is 5.65 Å². The Kier molecular flexibility index (Phi) is 3.75. The van der Waals surface area contributed by atoms with Gasteiger partial charge in [-0.1, -0.05) is 13.3 Å². The number of pyridine rings is 1. The fourth-order valence-electron chi connectivity index (χ4n) is 1.90. The lowest BCUT2D eigenvalue weighted by molar-refractivity contribution is -0.137. The van der Waals surface area contributed by atoms with E-state index in [1.807, 2.05) is 6.92 Å². The number of aromatic nitrogens is 3. The number of rotatable bonds is 4. The van der Waals surface area contributed by atoms with Crippen molar-refractivity contribution in [2.75, 3.05) is 6.54 Å². The Bertz CT molecular complexity index is 558. The van der Waals surface area contributed by atoms with Crippen LogP contribution in [0, 0.1) is 5.92 Å². The summed E-state index contributed by atoms with van der Waals surface area (Å²) >= 11 is 0. The predicted molar refractivity (Wildman–Crippen MR) is 64.5 cm³/mol. The third-order valence-electron chi connectivity index (χ3n) is 3.18. The van der Waals surface area contributed by atoms with Crippen molar-refractivity contribution in [1.82, 2.24) is 14.6 Å². The van der Waals surface area contributed by atoms with Gasteiger partial charge in [0.25, 0.3) is 0 Å². The number of fused-ring (bicyclic) bond motifs is 1. The summed E-state index contributed by atoms with van der Waals surface area (Å²) in [6, 6.07) is 2.33. The van der Waals surface area contributed by atoms with E-state index in [9.17, 15) is 13.2 Å². The van der Waals surface area contributed by atoms with Crippen molar-refractivity contribution >= 4 is 5.65 Å². The van der Waals surface area contributed by atoms with Crippen molar-refractivity contribution in [3.8, 4) is 0 Å². The van der Waals surface area contributed by atoms with E-state index in [-0.39, 0.29) is 5.92 Å². The Morgan fingerprint density at radius 1 is 1.32 bits per heavy atom. The highest BCUT2D eigenvalue weighted by molar-refractivity contribution is 5.40. The number of nitrogens with two attached hydrogens (primary N) is 1. The predicted octanol–water partition coefficient (Wildman–Crippen LogP) is 2.28. The van der Waals surface area contributed by atoms with Crippen LogP contribution in [0.1, 0.15) is 24.7 Å². The summed E-state index contributed by atoms with van der Waals surface area (Å²) < 4.78 is 39.4. The molecule has 0 spiro atoms. The Labute approximate surface area is 108 Å². The van der Waals surface area contributed by atoms with Gasteiger partial charge >= 0.3 is 6.18 Å². The van der Waals surface area contributed by atoms with Gasteiger partial charge < -0.3 is 5.73 Å². The van der Waals surface area contributed by atoms with Gasteiger partial charge in [-0.15, -0.1) is 10.2 Å². The summed E-state index contributed by atoms with van der Waals surface area (Å²) in [6.07, 6.45) is -1.96. The van der Waals surface area contributed by atoms with E-state index in [0.717, 1.165) is 18.7 Å². The average molecular weight is 272 g/mol. The largest absolute Gasteiger partial charge is 0.417 e. The average Bonchev–Trinajstić information content (AvgIpc) is 2.77. The highest BCUT2D eigenvalue weighted by Crippen LogP contribution is 2.29. The smallest absolute Gasteiger partial charge is 0.330 e. The molecule has 4 nitrogen and oxygen atoms in total. The number of hydrogen-bond acceptors (Lipinski definition) is 3. The minimum absolute atomic E-state index is 0.196. The molecule has 0 bridgehead atoms. The summed E-state index contributed by atoms with van der Waals surface area (Å²) in [7, 11) is 0. The van der Waals surface area contributed by atoms with E-state index < -0.39 is 11.7 Å². The van der Waals surface area contributed by atoms with Crippen LogP contribution in [0.15, 0.2) is 18.3 Å². The van der Waals surface area contributed by atoms with E-state index in [4.69, 9.17) is 5.73 Å². The molecule has 0 amide bonds. The summed E-state index contributed by atoms with van der Waals surface area (Å²) in [6.45, 7) is 2.46. The molecular weight excluding hydrogens is 257 g/mol. The molecule has 2 rings (SSSR count). The molecule has 0 aliphatic heterocycles. The molecular formula is C12H15F3N4. The van der Waals surface area contributed by atoms with Crippen LogP contribution in [0.25, 0.3) is 5.65 Å². The summed E-state index contributed by atoms with van der Waals surface area (Å²) in [5.41, 5.74) is 5.31.